The van der Waals surface area contributed by atoms with Gasteiger partial charge in [0.1, 0.15) is 5.82 Å². The van der Waals surface area contributed by atoms with Crippen molar-refractivity contribution in [3.05, 3.63) is 34.6 Å². The average molecular weight is 229 g/mol. The Morgan fingerprint density at radius 3 is 2.87 bits per heavy atom. The summed E-state index contributed by atoms with van der Waals surface area (Å²) in [7, 11) is 0. The summed E-state index contributed by atoms with van der Waals surface area (Å²) in [6, 6.07) is 4.85. The highest BCUT2D eigenvalue weighted by molar-refractivity contribution is 6.31. The fraction of sp³-hybridized carbons (Fsp3) is 0.500. The maximum Gasteiger partial charge on any atom is 0.142 e. The smallest absolute Gasteiger partial charge is 0.142 e. The second-order valence-corrected chi connectivity index (χ2v) is 4.55. The van der Waals surface area contributed by atoms with Gasteiger partial charge in [0, 0.05) is 0 Å². The summed E-state index contributed by atoms with van der Waals surface area (Å²) in [5.74, 6) is -0.133. The molecule has 0 saturated heterocycles. The third-order valence-corrected chi connectivity index (χ3v) is 3.56. The van der Waals surface area contributed by atoms with Crippen molar-refractivity contribution in [2.75, 3.05) is 0 Å². The minimum absolute atomic E-state index is 0.205. The molecule has 0 amide bonds. The third kappa shape index (κ3) is 2.32. The molecule has 0 heterocycles. The maximum atomic E-state index is 13.2. The molecule has 0 aliphatic heterocycles. The summed E-state index contributed by atoms with van der Waals surface area (Å²) in [6.45, 7) is 0. The van der Waals surface area contributed by atoms with Crippen molar-refractivity contribution in [3.8, 4) is 0 Å². The van der Waals surface area contributed by atoms with Gasteiger partial charge in [-0.05, 0) is 36.8 Å². The van der Waals surface area contributed by atoms with Gasteiger partial charge in [-0.3, -0.25) is 0 Å². The lowest BCUT2D eigenvalue weighted by atomic mass is 9.96. The molecule has 2 rings (SSSR count). The molecule has 1 N–H and O–H groups in total. The van der Waals surface area contributed by atoms with Gasteiger partial charge in [0.25, 0.3) is 0 Å². The molecule has 1 aromatic rings. The normalized spacial score (nSPS) is 25.8. The van der Waals surface area contributed by atoms with Crippen LogP contribution in [-0.2, 0) is 6.42 Å². The molecule has 1 nitrogen and oxygen atoms in total. The van der Waals surface area contributed by atoms with Crippen molar-refractivity contribution in [2.24, 2.45) is 5.92 Å². The molecule has 0 radical (unpaired) electrons. The van der Waals surface area contributed by atoms with Crippen LogP contribution < -0.4 is 0 Å². The summed E-state index contributed by atoms with van der Waals surface area (Å²) in [4.78, 5) is 0. The minimum atomic E-state index is -0.373. The SMILES string of the molecule is OC1CCCC1Cc1cccc(F)c1Cl. The lowest BCUT2D eigenvalue weighted by Gasteiger charge is -2.15. The molecule has 15 heavy (non-hydrogen) atoms. The van der Waals surface area contributed by atoms with E-state index < -0.39 is 0 Å². The molecule has 2 atom stereocenters. The van der Waals surface area contributed by atoms with E-state index in [0.29, 0.717) is 6.42 Å². The van der Waals surface area contributed by atoms with Crippen LogP contribution in [0.4, 0.5) is 4.39 Å². The molecule has 1 aliphatic rings. The average Bonchev–Trinajstić information content (AvgIpc) is 2.60. The van der Waals surface area contributed by atoms with E-state index in [1.54, 1.807) is 6.07 Å². The van der Waals surface area contributed by atoms with E-state index in [0.717, 1.165) is 24.8 Å². The number of benzene rings is 1. The van der Waals surface area contributed by atoms with Gasteiger partial charge < -0.3 is 5.11 Å². The van der Waals surface area contributed by atoms with Crippen LogP contribution in [0.1, 0.15) is 24.8 Å². The predicted molar refractivity (Wildman–Crippen MR) is 58.5 cm³/mol. The Balaban J connectivity index is 2.13. The van der Waals surface area contributed by atoms with Crippen LogP contribution >= 0.6 is 11.6 Å². The molecule has 1 aliphatic carbocycles. The van der Waals surface area contributed by atoms with Gasteiger partial charge in [0.15, 0.2) is 0 Å². The van der Waals surface area contributed by atoms with Gasteiger partial charge in [-0.1, -0.05) is 30.2 Å². The monoisotopic (exact) mass is 228 g/mol. The van der Waals surface area contributed by atoms with E-state index >= 15 is 0 Å². The highest BCUT2D eigenvalue weighted by Crippen LogP contribution is 2.31. The van der Waals surface area contributed by atoms with E-state index in [9.17, 15) is 9.50 Å². The number of hydrogen-bond acceptors (Lipinski definition) is 1. The van der Waals surface area contributed by atoms with Gasteiger partial charge in [-0.2, -0.15) is 0 Å². The van der Waals surface area contributed by atoms with E-state index in [2.05, 4.69) is 0 Å². The van der Waals surface area contributed by atoms with E-state index in [4.69, 9.17) is 11.6 Å². The first-order chi connectivity index (χ1) is 7.18. The molecule has 82 valence electrons. The fourth-order valence-corrected chi connectivity index (χ4v) is 2.45. The first-order valence-electron chi connectivity index (χ1n) is 5.29. The van der Waals surface area contributed by atoms with Crippen LogP contribution in [0.2, 0.25) is 5.02 Å². The molecular weight excluding hydrogens is 215 g/mol. The van der Waals surface area contributed by atoms with Crippen molar-refractivity contribution in [2.45, 2.75) is 31.8 Å². The van der Waals surface area contributed by atoms with Gasteiger partial charge in [-0.15, -0.1) is 0 Å². The second kappa shape index (κ2) is 4.50. The molecule has 0 aromatic heterocycles. The summed E-state index contributed by atoms with van der Waals surface area (Å²) in [5, 5.41) is 9.88. The standard InChI is InChI=1S/C12H14ClFO/c13-12-9(4-1-5-10(12)14)7-8-3-2-6-11(8)15/h1,4-5,8,11,15H,2-3,6-7H2. The number of aliphatic hydroxyl groups is 1. The van der Waals surface area contributed by atoms with Gasteiger partial charge in [0.2, 0.25) is 0 Å². The summed E-state index contributed by atoms with van der Waals surface area (Å²) in [5.41, 5.74) is 0.808. The quantitative estimate of drug-likeness (QED) is 0.824. The zero-order chi connectivity index (χ0) is 10.8. The molecule has 1 aromatic carbocycles. The zero-order valence-electron chi connectivity index (χ0n) is 8.42. The topological polar surface area (TPSA) is 20.2 Å². The Labute approximate surface area is 93.9 Å². The van der Waals surface area contributed by atoms with Crippen molar-refractivity contribution in [1.82, 2.24) is 0 Å². The number of rotatable bonds is 2. The van der Waals surface area contributed by atoms with Crippen LogP contribution in [0.3, 0.4) is 0 Å². The first kappa shape index (κ1) is 10.9. The molecule has 1 saturated carbocycles. The molecule has 0 spiro atoms. The lowest BCUT2D eigenvalue weighted by Crippen LogP contribution is -2.15. The summed E-state index contributed by atoms with van der Waals surface area (Å²) >= 11 is 5.86. The molecule has 0 bridgehead atoms. The Morgan fingerprint density at radius 1 is 1.40 bits per heavy atom. The van der Waals surface area contributed by atoms with Crippen molar-refractivity contribution in [1.29, 1.82) is 0 Å². The van der Waals surface area contributed by atoms with E-state index in [1.807, 2.05) is 6.07 Å². The summed E-state index contributed by atoms with van der Waals surface area (Å²) < 4.78 is 13.2. The van der Waals surface area contributed by atoms with Crippen LogP contribution in [0.15, 0.2) is 18.2 Å². The molecule has 3 heteroatoms. The Bertz CT molecular complexity index is 353. The van der Waals surface area contributed by atoms with E-state index in [1.165, 1.54) is 6.07 Å². The number of aliphatic hydroxyl groups excluding tert-OH is 1. The van der Waals surface area contributed by atoms with Crippen LogP contribution in [0.5, 0.6) is 0 Å². The lowest BCUT2D eigenvalue weighted by molar-refractivity contribution is 0.132. The summed E-state index contributed by atoms with van der Waals surface area (Å²) in [6.07, 6.45) is 3.35. The molecule has 2 unspecified atom stereocenters. The van der Waals surface area contributed by atoms with Gasteiger partial charge in [-0.25, -0.2) is 4.39 Å². The zero-order valence-corrected chi connectivity index (χ0v) is 9.17. The van der Waals surface area contributed by atoms with Crippen molar-refractivity contribution < 1.29 is 9.50 Å². The second-order valence-electron chi connectivity index (χ2n) is 4.18. The molecular formula is C12H14ClFO. The minimum Gasteiger partial charge on any atom is -0.393 e. The molecule has 1 fully saturated rings. The van der Waals surface area contributed by atoms with Gasteiger partial charge >= 0.3 is 0 Å². The van der Waals surface area contributed by atoms with Gasteiger partial charge in [0.05, 0.1) is 11.1 Å². The van der Waals surface area contributed by atoms with Crippen LogP contribution in [0.25, 0.3) is 0 Å². The Hall–Kier alpha value is -0.600. The van der Waals surface area contributed by atoms with Crippen LogP contribution in [0, 0.1) is 11.7 Å². The van der Waals surface area contributed by atoms with E-state index in [-0.39, 0.29) is 22.9 Å². The van der Waals surface area contributed by atoms with Crippen molar-refractivity contribution >= 4 is 11.6 Å². The largest absolute Gasteiger partial charge is 0.393 e. The van der Waals surface area contributed by atoms with Crippen LogP contribution in [-0.4, -0.2) is 11.2 Å². The number of hydrogen-bond donors (Lipinski definition) is 1. The maximum absolute atomic E-state index is 13.2. The highest BCUT2D eigenvalue weighted by atomic mass is 35.5. The fourth-order valence-electron chi connectivity index (χ4n) is 2.24. The predicted octanol–water partition coefficient (Wildman–Crippen LogP) is 3.18. The highest BCUT2D eigenvalue weighted by Gasteiger charge is 2.26. The Kier molecular flexibility index (Phi) is 3.27. The van der Waals surface area contributed by atoms with Crippen molar-refractivity contribution in [3.63, 3.8) is 0 Å². The Morgan fingerprint density at radius 2 is 2.20 bits per heavy atom. The third-order valence-electron chi connectivity index (χ3n) is 3.13. The first-order valence-corrected chi connectivity index (χ1v) is 5.67. The number of halogens is 2.